The summed E-state index contributed by atoms with van der Waals surface area (Å²) in [7, 11) is 0. The molecule has 0 aromatic heterocycles. The van der Waals surface area contributed by atoms with Gasteiger partial charge in [-0.2, -0.15) is 0 Å². The van der Waals surface area contributed by atoms with Crippen LogP contribution in [0.3, 0.4) is 0 Å². The highest BCUT2D eigenvalue weighted by Crippen LogP contribution is 2.34. The molecule has 1 N–H and O–H groups in total. The number of thioether (sulfide) groups is 1. The van der Waals surface area contributed by atoms with Gasteiger partial charge in [-0.05, 0) is 30.7 Å². The van der Waals surface area contributed by atoms with Crippen LogP contribution in [0.25, 0.3) is 6.08 Å². The maximum atomic E-state index is 12.2. The van der Waals surface area contributed by atoms with Crippen molar-refractivity contribution in [2.24, 2.45) is 0 Å². The lowest BCUT2D eigenvalue weighted by Crippen LogP contribution is -2.41. The van der Waals surface area contributed by atoms with Crippen LogP contribution in [0, 0.1) is 10.1 Å². The zero-order valence-electron chi connectivity index (χ0n) is 11.3. The number of amides is 1. The summed E-state index contributed by atoms with van der Waals surface area (Å²) in [5.41, 5.74) is 0.540. The van der Waals surface area contributed by atoms with Crippen LogP contribution in [-0.2, 0) is 9.59 Å². The van der Waals surface area contributed by atoms with Crippen LogP contribution < -0.4 is 0 Å². The van der Waals surface area contributed by atoms with E-state index in [1.54, 1.807) is 0 Å². The van der Waals surface area contributed by atoms with Gasteiger partial charge in [-0.3, -0.25) is 19.8 Å². The summed E-state index contributed by atoms with van der Waals surface area (Å²) in [6.07, 6.45) is 1.53. The van der Waals surface area contributed by atoms with Crippen LogP contribution in [0.5, 0.6) is 0 Å². The van der Waals surface area contributed by atoms with Gasteiger partial charge in [-0.1, -0.05) is 24.0 Å². The number of aliphatic carboxylic acids is 1. The standard InChI is InChI=1S/C13H10N2O5S2/c1-7(12(17)18)14-11(16)10(22-13(14)21)6-8-2-4-9(5-3-8)15(19)20/h2-7H,1H3,(H,17,18)/b10-6+/t7-/m1/s1. The molecule has 0 unspecified atom stereocenters. The molecule has 0 saturated carbocycles. The van der Waals surface area contributed by atoms with Crippen molar-refractivity contribution in [2.45, 2.75) is 13.0 Å². The zero-order chi connectivity index (χ0) is 16.4. The molecule has 1 aliphatic rings. The molecule has 0 spiro atoms. The third kappa shape index (κ3) is 3.15. The summed E-state index contributed by atoms with van der Waals surface area (Å²) in [6, 6.07) is 4.62. The van der Waals surface area contributed by atoms with Crippen molar-refractivity contribution in [2.75, 3.05) is 0 Å². The molecule has 9 heteroatoms. The number of non-ortho nitro benzene ring substituents is 1. The van der Waals surface area contributed by atoms with Crippen molar-refractivity contribution in [3.05, 3.63) is 44.8 Å². The first kappa shape index (κ1) is 16.1. The second kappa shape index (κ2) is 6.24. The van der Waals surface area contributed by atoms with Crippen molar-refractivity contribution >= 4 is 51.9 Å². The van der Waals surface area contributed by atoms with Gasteiger partial charge in [0.2, 0.25) is 0 Å². The number of rotatable bonds is 4. The Morgan fingerprint density at radius 1 is 1.45 bits per heavy atom. The second-order valence-corrected chi connectivity index (χ2v) is 6.09. The predicted molar refractivity (Wildman–Crippen MR) is 85.2 cm³/mol. The van der Waals surface area contributed by atoms with Gasteiger partial charge in [0.15, 0.2) is 0 Å². The first-order valence-corrected chi connectivity index (χ1v) is 7.28. The fraction of sp³-hybridized carbons (Fsp3) is 0.154. The van der Waals surface area contributed by atoms with Crippen molar-refractivity contribution in [1.29, 1.82) is 0 Å². The number of benzene rings is 1. The quantitative estimate of drug-likeness (QED) is 0.389. The van der Waals surface area contributed by atoms with Crippen molar-refractivity contribution in [3.8, 4) is 0 Å². The molecular formula is C13H10N2O5S2. The molecule has 114 valence electrons. The molecule has 1 saturated heterocycles. The lowest BCUT2D eigenvalue weighted by atomic mass is 10.2. The fourth-order valence-corrected chi connectivity index (χ4v) is 3.19. The molecular weight excluding hydrogens is 328 g/mol. The SMILES string of the molecule is C[C@H](C(=O)O)N1C(=O)/C(=C\c2ccc([N+](=O)[O-])cc2)SC1=S. The van der Waals surface area contributed by atoms with E-state index < -0.39 is 22.8 Å². The predicted octanol–water partition coefficient (Wildman–Crippen LogP) is 2.27. The van der Waals surface area contributed by atoms with Crippen LogP contribution >= 0.6 is 24.0 Å². The van der Waals surface area contributed by atoms with Crippen LogP contribution in [0.4, 0.5) is 5.69 Å². The third-order valence-corrected chi connectivity index (χ3v) is 4.30. The molecule has 1 aromatic carbocycles. The number of thiocarbonyl (C=S) groups is 1. The summed E-state index contributed by atoms with van der Waals surface area (Å²) in [6.45, 7) is 1.38. The van der Waals surface area contributed by atoms with Gasteiger partial charge in [0.05, 0.1) is 9.83 Å². The minimum Gasteiger partial charge on any atom is -0.480 e. The Morgan fingerprint density at radius 3 is 2.55 bits per heavy atom. The number of carboxylic acid groups (broad SMARTS) is 1. The Bertz CT molecular complexity index is 699. The topological polar surface area (TPSA) is 101 Å². The molecule has 7 nitrogen and oxygen atoms in total. The largest absolute Gasteiger partial charge is 0.480 e. The Labute approximate surface area is 134 Å². The number of nitrogens with zero attached hydrogens (tertiary/aromatic N) is 2. The maximum absolute atomic E-state index is 12.2. The van der Waals surface area contributed by atoms with E-state index >= 15 is 0 Å². The monoisotopic (exact) mass is 338 g/mol. The minimum absolute atomic E-state index is 0.0517. The Morgan fingerprint density at radius 2 is 2.05 bits per heavy atom. The number of carbonyl (C=O) groups is 2. The number of nitro groups is 1. The Balaban J connectivity index is 2.26. The zero-order valence-corrected chi connectivity index (χ0v) is 12.9. The van der Waals surface area contributed by atoms with E-state index in [-0.39, 0.29) is 14.9 Å². The molecule has 0 aliphatic carbocycles. The van der Waals surface area contributed by atoms with Crippen LogP contribution in [-0.4, -0.2) is 37.2 Å². The van der Waals surface area contributed by atoms with Gasteiger partial charge >= 0.3 is 5.97 Å². The maximum Gasteiger partial charge on any atom is 0.326 e. The number of carbonyl (C=O) groups excluding carboxylic acids is 1. The molecule has 22 heavy (non-hydrogen) atoms. The van der Waals surface area contributed by atoms with Crippen molar-refractivity contribution < 1.29 is 19.6 Å². The molecule has 1 fully saturated rings. The van der Waals surface area contributed by atoms with Gasteiger partial charge in [0, 0.05) is 12.1 Å². The molecule has 1 amide bonds. The highest BCUT2D eigenvalue weighted by atomic mass is 32.2. The van der Waals surface area contributed by atoms with Gasteiger partial charge in [-0.15, -0.1) is 0 Å². The second-order valence-electron chi connectivity index (χ2n) is 4.41. The number of hydrogen-bond donors (Lipinski definition) is 1. The van der Waals surface area contributed by atoms with E-state index in [2.05, 4.69) is 0 Å². The van der Waals surface area contributed by atoms with Gasteiger partial charge in [0.25, 0.3) is 11.6 Å². The first-order chi connectivity index (χ1) is 10.3. The van der Waals surface area contributed by atoms with E-state index in [4.69, 9.17) is 17.3 Å². The number of carboxylic acids is 1. The van der Waals surface area contributed by atoms with Crippen LogP contribution in [0.2, 0.25) is 0 Å². The summed E-state index contributed by atoms with van der Waals surface area (Å²) in [5.74, 6) is -1.63. The Kier molecular flexibility index (Phi) is 4.57. The smallest absolute Gasteiger partial charge is 0.326 e. The van der Waals surface area contributed by atoms with Crippen molar-refractivity contribution in [1.82, 2.24) is 4.90 Å². The van der Waals surface area contributed by atoms with E-state index in [1.807, 2.05) is 0 Å². The minimum atomic E-state index is -1.15. The van der Waals surface area contributed by atoms with Crippen LogP contribution in [0.1, 0.15) is 12.5 Å². The lowest BCUT2D eigenvalue weighted by molar-refractivity contribution is -0.384. The number of nitro benzene ring substituents is 1. The summed E-state index contributed by atoms with van der Waals surface area (Å²) in [4.78, 5) is 34.6. The van der Waals surface area contributed by atoms with E-state index in [0.717, 1.165) is 16.7 Å². The fourth-order valence-electron chi connectivity index (χ4n) is 1.77. The van der Waals surface area contributed by atoms with E-state index in [0.29, 0.717) is 5.56 Å². The summed E-state index contributed by atoms with van der Waals surface area (Å²) < 4.78 is 0.174. The number of hydrogen-bond acceptors (Lipinski definition) is 6. The molecule has 2 rings (SSSR count). The average Bonchev–Trinajstić information content (AvgIpc) is 2.73. The molecule has 1 aliphatic heterocycles. The summed E-state index contributed by atoms with van der Waals surface area (Å²) >= 11 is 6.04. The molecule has 0 radical (unpaired) electrons. The average molecular weight is 338 g/mol. The first-order valence-electron chi connectivity index (χ1n) is 6.05. The molecule has 0 bridgehead atoms. The molecule has 1 aromatic rings. The van der Waals surface area contributed by atoms with Gasteiger partial charge < -0.3 is 5.11 Å². The highest BCUT2D eigenvalue weighted by Gasteiger charge is 2.38. The Hall–Kier alpha value is -2.26. The lowest BCUT2D eigenvalue weighted by Gasteiger charge is -2.18. The summed E-state index contributed by atoms with van der Waals surface area (Å²) in [5, 5.41) is 19.6. The van der Waals surface area contributed by atoms with Crippen LogP contribution in [0.15, 0.2) is 29.2 Å². The van der Waals surface area contributed by atoms with Gasteiger partial charge in [0.1, 0.15) is 10.4 Å². The normalized spacial score (nSPS) is 17.9. The van der Waals surface area contributed by atoms with Gasteiger partial charge in [-0.25, -0.2) is 4.79 Å². The third-order valence-electron chi connectivity index (χ3n) is 2.97. The van der Waals surface area contributed by atoms with E-state index in [1.165, 1.54) is 37.3 Å². The van der Waals surface area contributed by atoms with Crippen molar-refractivity contribution in [3.63, 3.8) is 0 Å². The molecule has 1 heterocycles. The van der Waals surface area contributed by atoms with E-state index in [9.17, 15) is 19.7 Å². The highest BCUT2D eigenvalue weighted by molar-refractivity contribution is 8.26. The molecule has 1 atom stereocenters.